The molecule has 1 amide bonds. The van der Waals surface area contributed by atoms with E-state index in [1.807, 2.05) is 53.4 Å². The van der Waals surface area contributed by atoms with Crippen molar-refractivity contribution in [2.75, 3.05) is 53.9 Å². The van der Waals surface area contributed by atoms with E-state index in [0.717, 1.165) is 55.2 Å². The predicted molar refractivity (Wildman–Crippen MR) is 195 cm³/mol. The lowest BCUT2D eigenvalue weighted by molar-refractivity contribution is -0.130. The van der Waals surface area contributed by atoms with Crippen molar-refractivity contribution in [1.29, 1.82) is 0 Å². The summed E-state index contributed by atoms with van der Waals surface area (Å²) in [7, 11) is 5.58. The molecule has 0 radical (unpaired) electrons. The van der Waals surface area contributed by atoms with Crippen LogP contribution in [0.15, 0.2) is 47.1 Å². The first-order valence-corrected chi connectivity index (χ1v) is 16.8. The normalized spacial score (nSPS) is 13.7. The standard InChI is InChI=1S/C28H30N4O4.C7H17N.C3H8/c1-31(16-28(35)32-8-3-4-9-32)10-7-21-13-20(5-6-22(21)18-34)23-14-25-24(26(15-23)36-2)11-19(17-33)12-27(29)30-25;1-4-6-8(3)7-5-2;1-3-2/h5-7,10-11,13-15,17-18H,3-4,8-9,12,16H2,1-2H3,(H2,29,30);4-7H2,1-3H3;3H2,1-2H3/b10-7-;;. The molecule has 9 nitrogen and oxygen atoms in total. The van der Waals surface area contributed by atoms with E-state index in [2.05, 4.69) is 44.6 Å². The third kappa shape index (κ3) is 12.5. The minimum Gasteiger partial charge on any atom is -0.496 e. The highest BCUT2D eigenvalue weighted by atomic mass is 16.5. The van der Waals surface area contributed by atoms with Crippen LogP contribution in [-0.4, -0.2) is 92.9 Å². The van der Waals surface area contributed by atoms with Crippen molar-refractivity contribution in [3.8, 4) is 16.9 Å². The maximum Gasteiger partial charge on any atom is 0.242 e. The number of aldehydes is 2. The van der Waals surface area contributed by atoms with E-state index < -0.39 is 0 Å². The van der Waals surface area contributed by atoms with Crippen molar-refractivity contribution >= 4 is 42.2 Å². The number of nitrogens with zero attached hydrogens (tertiary/aromatic N) is 4. The van der Waals surface area contributed by atoms with Crippen molar-refractivity contribution < 1.29 is 19.1 Å². The molecule has 2 aliphatic rings. The van der Waals surface area contributed by atoms with E-state index in [1.54, 1.807) is 19.3 Å². The van der Waals surface area contributed by atoms with Gasteiger partial charge in [0.05, 0.1) is 19.3 Å². The van der Waals surface area contributed by atoms with E-state index >= 15 is 0 Å². The van der Waals surface area contributed by atoms with Crippen LogP contribution in [0.5, 0.6) is 5.75 Å². The molecule has 0 aromatic heterocycles. The van der Waals surface area contributed by atoms with Crippen LogP contribution in [0, 0.1) is 0 Å². The number of nitrogens with two attached hydrogens (primary N) is 1. The van der Waals surface area contributed by atoms with Gasteiger partial charge < -0.3 is 25.2 Å². The summed E-state index contributed by atoms with van der Waals surface area (Å²) >= 11 is 0. The summed E-state index contributed by atoms with van der Waals surface area (Å²) in [4.78, 5) is 46.1. The third-order valence-electron chi connectivity index (χ3n) is 7.58. The molecule has 9 heteroatoms. The number of aliphatic imine (C=N–C) groups is 1. The number of hydrogen-bond acceptors (Lipinski definition) is 8. The highest BCUT2D eigenvalue weighted by molar-refractivity contribution is 5.99. The largest absolute Gasteiger partial charge is 0.496 e. The number of carbonyl (C=O) groups is 3. The first-order chi connectivity index (χ1) is 22.6. The summed E-state index contributed by atoms with van der Waals surface area (Å²) in [5.74, 6) is 1.02. The number of hydrogen-bond donors (Lipinski definition) is 1. The van der Waals surface area contributed by atoms with Gasteiger partial charge in [-0.05, 0) is 99.1 Å². The Balaban J connectivity index is 0.000000603. The van der Waals surface area contributed by atoms with Gasteiger partial charge in [0.1, 0.15) is 17.9 Å². The molecule has 0 aliphatic carbocycles. The molecule has 0 saturated carbocycles. The van der Waals surface area contributed by atoms with Gasteiger partial charge >= 0.3 is 0 Å². The Morgan fingerprint density at radius 3 is 2.19 bits per heavy atom. The molecule has 47 heavy (non-hydrogen) atoms. The second kappa shape index (κ2) is 20.8. The van der Waals surface area contributed by atoms with Crippen molar-refractivity contribution in [1.82, 2.24) is 14.7 Å². The molecular weight excluding hydrogens is 590 g/mol. The third-order valence-corrected chi connectivity index (χ3v) is 7.58. The first-order valence-electron chi connectivity index (χ1n) is 16.8. The van der Waals surface area contributed by atoms with Gasteiger partial charge in [-0.2, -0.15) is 0 Å². The lowest BCUT2D eigenvalue weighted by Crippen LogP contribution is -2.35. The molecule has 0 spiro atoms. The summed E-state index contributed by atoms with van der Waals surface area (Å²) in [6.07, 6.45) is 13.2. The number of rotatable bonds is 12. The average molecular weight is 646 g/mol. The highest BCUT2D eigenvalue weighted by Gasteiger charge is 2.19. The van der Waals surface area contributed by atoms with E-state index in [0.29, 0.717) is 34.0 Å². The van der Waals surface area contributed by atoms with E-state index in [4.69, 9.17) is 10.5 Å². The topological polar surface area (TPSA) is 109 Å². The molecule has 2 aromatic carbocycles. The summed E-state index contributed by atoms with van der Waals surface area (Å²) < 4.78 is 5.61. The van der Waals surface area contributed by atoms with Crippen molar-refractivity contribution in [2.45, 2.75) is 66.2 Å². The van der Waals surface area contributed by atoms with Crippen LogP contribution < -0.4 is 10.5 Å². The average Bonchev–Trinajstić information content (AvgIpc) is 3.54. The van der Waals surface area contributed by atoms with Crippen LogP contribution in [0.3, 0.4) is 0 Å². The first kappa shape index (κ1) is 38.9. The summed E-state index contributed by atoms with van der Waals surface area (Å²) in [6.45, 7) is 13.1. The number of fused-ring (bicyclic) bond motifs is 1. The second-order valence-electron chi connectivity index (χ2n) is 12.0. The van der Waals surface area contributed by atoms with Crippen molar-refractivity contribution in [2.24, 2.45) is 10.7 Å². The minimum atomic E-state index is 0.104. The molecule has 2 N–H and O–H groups in total. The van der Waals surface area contributed by atoms with Gasteiger partial charge in [-0.1, -0.05) is 46.2 Å². The Morgan fingerprint density at radius 1 is 0.957 bits per heavy atom. The zero-order valence-corrected chi connectivity index (χ0v) is 29.6. The summed E-state index contributed by atoms with van der Waals surface area (Å²) in [5.41, 5.74) is 10.8. The fourth-order valence-corrected chi connectivity index (χ4v) is 5.32. The molecule has 256 valence electrons. The van der Waals surface area contributed by atoms with Gasteiger partial charge in [0.2, 0.25) is 5.91 Å². The second-order valence-corrected chi connectivity index (χ2v) is 12.0. The fourth-order valence-electron chi connectivity index (χ4n) is 5.32. The molecule has 0 atom stereocenters. The van der Waals surface area contributed by atoms with E-state index in [1.165, 1.54) is 32.4 Å². The van der Waals surface area contributed by atoms with Gasteiger partial charge in [0.25, 0.3) is 0 Å². The summed E-state index contributed by atoms with van der Waals surface area (Å²) in [5, 5.41) is 0. The number of ether oxygens (including phenoxy) is 1. The van der Waals surface area contributed by atoms with Crippen LogP contribution >= 0.6 is 0 Å². The lowest BCUT2D eigenvalue weighted by atomic mass is 9.97. The number of likely N-dealkylation sites (tertiary alicyclic amines) is 1. The van der Waals surface area contributed by atoms with Gasteiger partial charge in [-0.3, -0.25) is 14.4 Å². The van der Waals surface area contributed by atoms with Gasteiger partial charge in [-0.25, -0.2) is 4.99 Å². The van der Waals surface area contributed by atoms with Crippen LogP contribution in [0.4, 0.5) is 5.69 Å². The Hall–Kier alpha value is -4.24. The quantitative estimate of drug-likeness (QED) is 0.252. The zero-order valence-electron chi connectivity index (χ0n) is 29.6. The molecule has 2 aromatic rings. The van der Waals surface area contributed by atoms with Crippen molar-refractivity contribution in [3.05, 3.63) is 58.8 Å². The highest BCUT2D eigenvalue weighted by Crippen LogP contribution is 2.38. The molecule has 0 bridgehead atoms. The van der Waals surface area contributed by atoms with Crippen LogP contribution in [0.25, 0.3) is 23.3 Å². The van der Waals surface area contributed by atoms with Crippen LogP contribution in [-0.2, 0) is 9.59 Å². The number of amides is 1. The maximum absolute atomic E-state index is 12.4. The number of benzene rings is 2. The molecule has 4 rings (SSSR count). The Kier molecular flexibility index (Phi) is 17.2. The van der Waals surface area contributed by atoms with Gasteiger partial charge in [0.15, 0.2) is 6.29 Å². The lowest BCUT2D eigenvalue weighted by Gasteiger charge is -2.20. The molecule has 0 unspecified atom stereocenters. The molecule has 2 heterocycles. The Labute approximate surface area is 282 Å². The summed E-state index contributed by atoms with van der Waals surface area (Å²) in [6, 6.07) is 9.29. The number of amidine groups is 1. The van der Waals surface area contributed by atoms with Crippen LogP contribution in [0.2, 0.25) is 0 Å². The fraction of sp³-hybridized carbons (Fsp3) is 0.474. The Bertz CT molecular complexity index is 1400. The SMILES string of the molecule is CCC.CCCN(C)CCC.COc1cc(-c2ccc(C=O)c(/C=C\N(C)CC(=O)N3CCCC3)c2)cc2c1C=C(C=O)CC(N)=N2. The van der Waals surface area contributed by atoms with E-state index in [9.17, 15) is 14.4 Å². The zero-order chi connectivity index (χ0) is 34.8. The number of methoxy groups -OCH3 is 1. The van der Waals surface area contributed by atoms with Gasteiger partial charge in [-0.15, -0.1) is 0 Å². The molecular formula is C38H55N5O4. The number of carbonyl (C=O) groups excluding carboxylic acids is 3. The number of likely N-dealkylation sites (N-methyl/N-ethyl adjacent to an activating group) is 1. The predicted octanol–water partition coefficient (Wildman–Crippen LogP) is 6.83. The van der Waals surface area contributed by atoms with Crippen LogP contribution in [0.1, 0.15) is 87.7 Å². The Morgan fingerprint density at radius 2 is 1.62 bits per heavy atom. The molecule has 1 saturated heterocycles. The minimum absolute atomic E-state index is 0.104. The smallest absolute Gasteiger partial charge is 0.242 e. The maximum atomic E-state index is 12.4. The van der Waals surface area contributed by atoms with Gasteiger partial charge in [0, 0.05) is 43.3 Å². The molecule has 2 aliphatic heterocycles. The monoisotopic (exact) mass is 645 g/mol. The van der Waals surface area contributed by atoms with E-state index in [-0.39, 0.29) is 18.9 Å². The molecule has 1 fully saturated rings. The van der Waals surface area contributed by atoms with Crippen molar-refractivity contribution in [3.63, 3.8) is 0 Å².